The molecule has 2 rings (SSSR count). The monoisotopic (exact) mass is 332 g/mol. The molecule has 23 heavy (non-hydrogen) atoms. The van der Waals surface area contributed by atoms with E-state index in [-0.39, 0.29) is 4.90 Å². The van der Waals surface area contributed by atoms with Gasteiger partial charge in [0.25, 0.3) is 10.0 Å². The molecule has 0 fully saturated rings. The molecule has 0 aliphatic rings. The Kier molecular flexibility index (Phi) is 5.31. The highest BCUT2D eigenvalue weighted by Crippen LogP contribution is 2.21. The zero-order valence-corrected chi connectivity index (χ0v) is 14.9. The Morgan fingerprint density at radius 3 is 2.04 bits per heavy atom. The minimum atomic E-state index is -3.56. The van der Waals surface area contributed by atoms with Gasteiger partial charge in [0.1, 0.15) is 0 Å². The fourth-order valence-corrected chi connectivity index (χ4v) is 3.57. The number of aryl methyl sites for hydroxylation is 2. The number of hydrogen-bond donors (Lipinski definition) is 1. The maximum atomic E-state index is 12.5. The SMILES string of the molecule is CCN(CC)c1ccc(NS(=O)(=O)c2ccc(C)c(C)c2)cc1. The summed E-state index contributed by atoms with van der Waals surface area (Å²) < 4.78 is 27.6. The molecule has 5 heteroatoms. The summed E-state index contributed by atoms with van der Waals surface area (Å²) in [7, 11) is -3.56. The smallest absolute Gasteiger partial charge is 0.261 e. The number of benzene rings is 2. The molecule has 0 radical (unpaired) electrons. The normalized spacial score (nSPS) is 11.3. The molecule has 2 aromatic rings. The van der Waals surface area contributed by atoms with Crippen LogP contribution in [-0.2, 0) is 10.0 Å². The number of hydrogen-bond acceptors (Lipinski definition) is 3. The lowest BCUT2D eigenvalue weighted by atomic mass is 10.1. The first-order chi connectivity index (χ1) is 10.9. The van der Waals surface area contributed by atoms with Crippen LogP contribution < -0.4 is 9.62 Å². The third kappa shape index (κ3) is 4.05. The molecule has 0 heterocycles. The second kappa shape index (κ2) is 7.04. The highest BCUT2D eigenvalue weighted by atomic mass is 32.2. The van der Waals surface area contributed by atoms with E-state index in [0.29, 0.717) is 5.69 Å². The Morgan fingerprint density at radius 1 is 0.913 bits per heavy atom. The third-order valence-corrected chi connectivity index (χ3v) is 5.42. The minimum absolute atomic E-state index is 0.286. The Hall–Kier alpha value is -2.01. The second-order valence-corrected chi connectivity index (χ2v) is 7.25. The van der Waals surface area contributed by atoms with Crippen molar-refractivity contribution in [3.63, 3.8) is 0 Å². The van der Waals surface area contributed by atoms with Crippen molar-refractivity contribution >= 4 is 21.4 Å². The van der Waals surface area contributed by atoms with Gasteiger partial charge >= 0.3 is 0 Å². The number of nitrogens with zero attached hydrogens (tertiary/aromatic N) is 1. The number of rotatable bonds is 6. The van der Waals surface area contributed by atoms with Gasteiger partial charge in [0.2, 0.25) is 0 Å². The average molecular weight is 332 g/mol. The molecule has 0 atom stereocenters. The number of sulfonamides is 1. The zero-order valence-electron chi connectivity index (χ0n) is 14.1. The van der Waals surface area contributed by atoms with Crippen molar-refractivity contribution in [1.82, 2.24) is 0 Å². The number of nitrogens with one attached hydrogen (secondary N) is 1. The van der Waals surface area contributed by atoms with Crippen LogP contribution in [-0.4, -0.2) is 21.5 Å². The molecule has 0 amide bonds. The molecule has 0 saturated heterocycles. The Bertz CT molecular complexity index is 764. The van der Waals surface area contributed by atoms with Gasteiger partial charge in [0.05, 0.1) is 4.90 Å². The van der Waals surface area contributed by atoms with Crippen LogP contribution in [0.15, 0.2) is 47.4 Å². The van der Waals surface area contributed by atoms with Crippen molar-refractivity contribution in [2.45, 2.75) is 32.6 Å². The maximum absolute atomic E-state index is 12.5. The first kappa shape index (κ1) is 17.3. The van der Waals surface area contributed by atoms with Crippen molar-refractivity contribution in [3.05, 3.63) is 53.6 Å². The molecule has 0 saturated carbocycles. The van der Waals surface area contributed by atoms with Crippen LogP contribution in [0.1, 0.15) is 25.0 Å². The number of anilines is 2. The largest absolute Gasteiger partial charge is 0.372 e. The first-order valence-electron chi connectivity index (χ1n) is 7.82. The molecule has 0 spiro atoms. The van der Waals surface area contributed by atoms with Gasteiger partial charge in [-0.05, 0) is 75.2 Å². The van der Waals surface area contributed by atoms with E-state index >= 15 is 0 Å². The average Bonchev–Trinajstić information content (AvgIpc) is 2.52. The maximum Gasteiger partial charge on any atom is 0.261 e. The first-order valence-corrected chi connectivity index (χ1v) is 9.30. The summed E-state index contributed by atoms with van der Waals surface area (Å²) >= 11 is 0. The van der Waals surface area contributed by atoms with E-state index in [9.17, 15) is 8.42 Å². The Labute approximate surface area is 139 Å². The topological polar surface area (TPSA) is 49.4 Å². The third-order valence-electron chi connectivity index (χ3n) is 4.04. The fraction of sp³-hybridized carbons (Fsp3) is 0.333. The van der Waals surface area contributed by atoms with Crippen molar-refractivity contribution in [1.29, 1.82) is 0 Å². The lowest BCUT2D eigenvalue weighted by molar-refractivity contribution is 0.601. The molecule has 4 nitrogen and oxygen atoms in total. The molecule has 0 aromatic heterocycles. The highest BCUT2D eigenvalue weighted by Gasteiger charge is 2.15. The predicted molar refractivity (Wildman–Crippen MR) is 96.7 cm³/mol. The van der Waals surface area contributed by atoms with Gasteiger partial charge in [-0.15, -0.1) is 0 Å². The van der Waals surface area contributed by atoms with Crippen LogP contribution in [0.25, 0.3) is 0 Å². The summed E-state index contributed by atoms with van der Waals surface area (Å²) in [5, 5.41) is 0. The van der Waals surface area contributed by atoms with Crippen LogP contribution in [0, 0.1) is 13.8 Å². The van der Waals surface area contributed by atoms with Gasteiger partial charge in [-0.2, -0.15) is 0 Å². The molecule has 1 N–H and O–H groups in total. The van der Waals surface area contributed by atoms with E-state index in [1.165, 1.54) is 0 Å². The van der Waals surface area contributed by atoms with Gasteiger partial charge in [-0.25, -0.2) is 8.42 Å². The van der Waals surface area contributed by atoms with E-state index in [4.69, 9.17) is 0 Å². The lowest BCUT2D eigenvalue weighted by Crippen LogP contribution is -2.21. The molecule has 0 aliphatic heterocycles. The summed E-state index contributed by atoms with van der Waals surface area (Å²) in [6.45, 7) is 9.91. The standard InChI is InChI=1S/C18H24N2O2S/c1-5-20(6-2)17-10-8-16(9-11-17)19-23(21,22)18-12-7-14(3)15(4)13-18/h7-13,19H,5-6H2,1-4H3. The van der Waals surface area contributed by atoms with Crippen LogP contribution in [0.2, 0.25) is 0 Å². The minimum Gasteiger partial charge on any atom is -0.372 e. The second-order valence-electron chi connectivity index (χ2n) is 5.57. The van der Waals surface area contributed by atoms with Crippen molar-refractivity contribution in [3.8, 4) is 0 Å². The predicted octanol–water partition coefficient (Wildman–Crippen LogP) is 3.95. The molecular formula is C18H24N2O2S. The molecular weight excluding hydrogens is 308 g/mol. The van der Waals surface area contributed by atoms with E-state index in [0.717, 1.165) is 29.9 Å². The quantitative estimate of drug-likeness (QED) is 0.871. The Morgan fingerprint density at radius 2 is 1.52 bits per heavy atom. The van der Waals surface area contributed by atoms with E-state index in [1.807, 2.05) is 32.0 Å². The van der Waals surface area contributed by atoms with Crippen molar-refractivity contribution in [2.24, 2.45) is 0 Å². The van der Waals surface area contributed by atoms with Crippen molar-refractivity contribution < 1.29 is 8.42 Å². The van der Waals surface area contributed by atoms with Crippen LogP contribution >= 0.6 is 0 Å². The van der Waals surface area contributed by atoms with Gasteiger partial charge in [-0.1, -0.05) is 6.07 Å². The molecule has 2 aromatic carbocycles. The van der Waals surface area contributed by atoms with Gasteiger partial charge in [0, 0.05) is 24.5 Å². The zero-order chi connectivity index (χ0) is 17.0. The van der Waals surface area contributed by atoms with Crippen LogP contribution in [0.5, 0.6) is 0 Å². The molecule has 0 bridgehead atoms. The van der Waals surface area contributed by atoms with Gasteiger partial charge in [-0.3, -0.25) is 4.72 Å². The summed E-state index contributed by atoms with van der Waals surface area (Å²) in [5.41, 5.74) is 3.69. The summed E-state index contributed by atoms with van der Waals surface area (Å²) in [6.07, 6.45) is 0. The molecule has 0 unspecified atom stereocenters. The van der Waals surface area contributed by atoms with Gasteiger partial charge in [0.15, 0.2) is 0 Å². The highest BCUT2D eigenvalue weighted by molar-refractivity contribution is 7.92. The molecule has 0 aliphatic carbocycles. The summed E-state index contributed by atoms with van der Waals surface area (Å²) in [4.78, 5) is 2.50. The van der Waals surface area contributed by atoms with Gasteiger partial charge < -0.3 is 4.90 Å². The van der Waals surface area contributed by atoms with Crippen LogP contribution in [0.4, 0.5) is 11.4 Å². The summed E-state index contributed by atoms with van der Waals surface area (Å²) in [5.74, 6) is 0. The summed E-state index contributed by atoms with van der Waals surface area (Å²) in [6, 6.07) is 12.6. The lowest BCUT2D eigenvalue weighted by Gasteiger charge is -2.21. The van der Waals surface area contributed by atoms with E-state index < -0.39 is 10.0 Å². The molecule has 124 valence electrons. The fourth-order valence-electron chi connectivity index (χ4n) is 2.42. The van der Waals surface area contributed by atoms with Crippen molar-refractivity contribution in [2.75, 3.05) is 22.7 Å². The van der Waals surface area contributed by atoms with E-state index in [2.05, 4.69) is 23.5 Å². The van der Waals surface area contributed by atoms with E-state index in [1.54, 1.807) is 24.3 Å². The Balaban J connectivity index is 2.22. The van der Waals surface area contributed by atoms with Crippen LogP contribution in [0.3, 0.4) is 0 Å².